The normalized spacial score (nSPS) is 9.78. The molecule has 0 spiro atoms. The fourth-order valence-electron chi connectivity index (χ4n) is 1.72. The molecule has 0 N–H and O–H groups in total. The number of nitriles is 1. The van der Waals surface area contributed by atoms with Crippen LogP contribution >= 0.6 is 0 Å². The number of esters is 1. The fourth-order valence-corrected chi connectivity index (χ4v) is 1.72. The maximum atomic E-state index is 13.9. The molecule has 0 aliphatic carbocycles. The first-order valence-corrected chi connectivity index (χ1v) is 6.50. The van der Waals surface area contributed by atoms with Crippen LogP contribution in [0.3, 0.4) is 0 Å². The van der Waals surface area contributed by atoms with E-state index in [9.17, 15) is 13.6 Å². The summed E-state index contributed by atoms with van der Waals surface area (Å²) in [7, 11) is 0. The molecule has 0 heterocycles. The summed E-state index contributed by atoms with van der Waals surface area (Å²) in [4.78, 5) is 11.9. The van der Waals surface area contributed by atoms with Crippen molar-refractivity contribution in [1.82, 2.24) is 0 Å². The largest absolute Gasteiger partial charge is 0.489 e. The zero-order valence-electron chi connectivity index (χ0n) is 11.9. The average molecular weight is 315 g/mol. The predicted molar refractivity (Wildman–Crippen MR) is 78.2 cm³/mol. The van der Waals surface area contributed by atoms with Crippen molar-refractivity contribution >= 4 is 5.97 Å². The highest BCUT2D eigenvalue weighted by Gasteiger charge is 2.16. The number of carbonyl (C=O) groups excluding carboxylic acids is 1. The molecule has 0 bridgehead atoms. The first-order chi connectivity index (χ1) is 11.0. The summed E-state index contributed by atoms with van der Waals surface area (Å²) < 4.78 is 37.4. The molecule has 0 aromatic heterocycles. The molecule has 2 aromatic carbocycles. The van der Waals surface area contributed by atoms with Crippen LogP contribution in [0.1, 0.15) is 15.9 Å². The summed E-state index contributed by atoms with van der Waals surface area (Å²) in [6, 6.07) is 8.60. The SMILES string of the molecule is C=CCOc1ccc(C(=O)Oc2ccc(C#N)c(F)c2)c(F)c1. The Morgan fingerprint density at radius 3 is 2.48 bits per heavy atom. The van der Waals surface area contributed by atoms with Crippen LogP contribution in [-0.2, 0) is 0 Å². The minimum atomic E-state index is -0.984. The van der Waals surface area contributed by atoms with Gasteiger partial charge in [-0.15, -0.1) is 0 Å². The van der Waals surface area contributed by atoms with Gasteiger partial charge in [0, 0.05) is 12.1 Å². The highest BCUT2D eigenvalue weighted by atomic mass is 19.1. The van der Waals surface area contributed by atoms with Gasteiger partial charge in [-0.05, 0) is 24.3 Å². The maximum absolute atomic E-state index is 13.9. The van der Waals surface area contributed by atoms with E-state index in [2.05, 4.69) is 6.58 Å². The highest BCUT2D eigenvalue weighted by Crippen LogP contribution is 2.21. The summed E-state index contributed by atoms with van der Waals surface area (Å²) in [5.74, 6) is -2.53. The van der Waals surface area contributed by atoms with Crippen molar-refractivity contribution in [3.8, 4) is 17.6 Å². The van der Waals surface area contributed by atoms with Crippen LogP contribution in [0.15, 0.2) is 49.1 Å². The molecule has 2 aromatic rings. The second-order valence-corrected chi connectivity index (χ2v) is 4.38. The topological polar surface area (TPSA) is 59.3 Å². The summed E-state index contributed by atoms with van der Waals surface area (Å²) >= 11 is 0. The Bertz CT molecular complexity index is 797. The summed E-state index contributed by atoms with van der Waals surface area (Å²) in [6.07, 6.45) is 1.50. The van der Waals surface area contributed by atoms with Crippen LogP contribution < -0.4 is 9.47 Å². The van der Waals surface area contributed by atoms with Gasteiger partial charge in [0.2, 0.25) is 0 Å². The van der Waals surface area contributed by atoms with Crippen LogP contribution in [0.2, 0.25) is 0 Å². The summed E-state index contributed by atoms with van der Waals surface area (Å²) in [5.41, 5.74) is -0.500. The number of ether oxygens (including phenoxy) is 2. The Balaban J connectivity index is 2.16. The van der Waals surface area contributed by atoms with Crippen molar-refractivity contribution in [2.45, 2.75) is 0 Å². The minimum absolute atomic E-state index is 0.127. The predicted octanol–water partition coefficient (Wildman–Crippen LogP) is 3.62. The van der Waals surface area contributed by atoms with Gasteiger partial charge in [-0.3, -0.25) is 0 Å². The third-order valence-electron chi connectivity index (χ3n) is 2.80. The molecule has 6 heteroatoms. The van der Waals surface area contributed by atoms with Gasteiger partial charge >= 0.3 is 5.97 Å². The first kappa shape index (κ1) is 16.2. The number of halogens is 2. The van der Waals surface area contributed by atoms with E-state index in [-0.39, 0.29) is 29.2 Å². The number of nitrogens with zero attached hydrogens (tertiary/aromatic N) is 1. The van der Waals surface area contributed by atoms with E-state index in [0.29, 0.717) is 0 Å². The molecule has 0 aliphatic rings. The van der Waals surface area contributed by atoms with Gasteiger partial charge in [-0.1, -0.05) is 12.7 Å². The molecule has 2 rings (SSSR count). The van der Waals surface area contributed by atoms with Gasteiger partial charge in [0.05, 0.1) is 11.1 Å². The van der Waals surface area contributed by atoms with Crippen LogP contribution in [0, 0.1) is 23.0 Å². The molecule has 4 nitrogen and oxygen atoms in total. The molecule has 0 saturated carbocycles. The van der Waals surface area contributed by atoms with Crippen molar-refractivity contribution in [1.29, 1.82) is 5.26 Å². The van der Waals surface area contributed by atoms with E-state index >= 15 is 0 Å². The van der Waals surface area contributed by atoms with Crippen molar-refractivity contribution in [3.63, 3.8) is 0 Å². The Labute approximate surface area is 131 Å². The lowest BCUT2D eigenvalue weighted by Gasteiger charge is -2.08. The second-order valence-electron chi connectivity index (χ2n) is 4.38. The first-order valence-electron chi connectivity index (χ1n) is 6.50. The molecule has 0 saturated heterocycles. The Morgan fingerprint density at radius 1 is 1.17 bits per heavy atom. The smallest absolute Gasteiger partial charge is 0.346 e. The van der Waals surface area contributed by atoms with Crippen molar-refractivity contribution in [3.05, 3.63) is 71.8 Å². The maximum Gasteiger partial charge on any atom is 0.346 e. The van der Waals surface area contributed by atoms with E-state index in [1.165, 1.54) is 30.3 Å². The van der Waals surface area contributed by atoms with E-state index in [1.807, 2.05) is 0 Å². The molecule has 0 atom stereocenters. The summed E-state index contributed by atoms with van der Waals surface area (Å²) in [5, 5.41) is 8.63. The Kier molecular flexibility index (Phi) is 5.05. The van der Waals surface area contributed by atoms with Gasteiger partial charge in [-0.2, -0.15) is 5.26 Å². The van der Waals surface area contributed by atoms with Crippen molar-refractivity contribution in [2.75, 3.05) is 6.61 Å². The van der Waals surface area contributed by atoms with Gasteiger partial charge < -0.3 is 9.47 Å². The monoisotopic (exact) mass is 315 g/mol. The van der Waals surface area contributed by atoms with Crippen LogP contribution in [-0.4, -0.2) is 12.6 Å². The molecule has 23 heavy (non-hydrogen) atoms. The molecular formula is C17H11F2NO3. The van der Waals surface area contributed by atoms with Crippen LogP contribution in [0.5, 0.6) is 11.5 Å². The molecule has 116 valence electrons. The zero-order valence-corrected chi connectivity index (χ0v) is 11.9. The Morgan fingerprint density at radius 2 is 1.87 bits per heavy atom. The van der Waals surface area contributed by atoms with Crippen molar-refractivity contribution < 1.29 is 23.0 Å². The highest BCUT2D eigenvalue weighted by molar-refractivity contribution is 5.91. The van der Waals surface area contributed by atoms with Crippen LogP contribution in [0.25, 0.3) is 0 Å². The standard InChI is InChI=1S/C17H11F2NO3/c1-2-7-22-12-5-6-14(16(19)8-12)17(21)23-13-4-3-11(10-20)15(18)9-13/h2-6,8-9H,1,7H2. The lowest BCUT2D eigenvalue weighted by atomic mass is 10.2. The van der Waals surface area contributed by atoms with E-state index < -0.39 is 17.6 Å². The van der Waals surface area contributed by atoms with Gasteiger partial charge in [0.25, 0.3) is 0 Å². The minimum Gasteiger partial charge on any atom is -0.489 e. The average Bonchev–Trinajstić information content (AvgIpc) is 2.53. The molecule has 0 fully saturated rings. The number of hydrogen-bond acceptors (Lipinski definition) is 4. The third kappa shape index (κ3) is 3.92. The van der Waals surface area contributed by atoms with E-state index in [1.54, 1.807) is 6.07 Å². The second kappa shape index (κ2) is 7.18. The number of rotatable bonds is 5. The molecule has 0 amide bonds. The zero-order chi connectivity index (χ0) is 16.8. The Hall–Kier alpha value is -3.20. The van der Waals surface area contributed by atoms with Gasteiger partial charge in [-0.25, -0.2) is 13.6 Å². The number of carbonyl (C=O) groups is 1. The molecular weight excluding hydrogens is 304 g/mol. The fraction of sp³-hybridized carbons (Fsp3) is 0.0588. The number of hydrogen-bond donors (Lipinski definition) is 0. The lowest BCUT2D eigenvalue weighted by Crippen LogP contribution is -2.11. The van der Waals surface area contributed by atoms with Crippen molar-refractivity contribution in [2.24, 2.45) is 0 Å². The van der Waals surface area contributed by atoms with Gasteiger partial charge in [0.15, 0.2) is 0 Å². The van der Waals surface area contributed by atoms with E-state index in [4.69, 9.17) is 14.7 Å². The van der Waals surface area contributed by atoms with Crippen LogP contribution in [0.4, 0.5) is 8.78 Å². The number of benzene rings is 2. The third-order valence-corrected chi connectivity index (χ3v) is 2.80. The lowest BCUT2D eigenvalue weighted by molar-refractivity contribution is 0.0729. The molecule has 0 unspecified atom stereocenters. The molecule has 0 aliphatic heterocycles. The summed E-state index contributed by atoms with van der Waals surface area (Å²) in [6.45, 7) is 3.67. The van der Waals surface area contributed by atoms with E-state index in [0.717, 1.165) is 12.1 Å². The molecule has 0 radical (unpaired) electrons. The quantitative estimate of drug-likeness (QED) is 0.480. The van der Waals surface area contributed by atoms with Gasteiger partial charge in [0.1, 0.15) is 35.8 Å².